The second kappa shape index (κ2) is 8.13. The van der Waals surface area contributed by atoms with Gasteiger partial charge < -0.3 is 8.33 Å². The molecule has 0 saturated carbocycles. The summed E-state index contributed by atoms with van der Waals surface area (Å²) in [6, 6.07) is 0. The first kappa shape index (κ1) is 22.9. The fraction of sp³-hybridized carbons (Fsp3) is 0. The first-order valence-corrected chi connectivity index (χ1v) is 2.10. The molecule has 0 fully saturated rings. The van der Waals surface area contributed by atoms with Gasteiger partial charge in [0, 0.05) is 0 Å². The van der Waals surface area contributed by atoms with Crippen molar-refractivity contribution in [2.75, 3.05) is 0 Å². The summed E-state index contributed by atoms with van der Waals surface area (Å²) in [7, 11) is -4.67. The van der Waals surface area contributed by atoms with Crippen molar-refractivity contribution >= 4 is 50.8 Å². The van der Waals surface area contributed by atoms with E-state index in [9.17, 15) is 0 Å². The minimum Gasteiger partial charge on any atom is -1.00 e. The average Bonchev–Trinajstić information content (AvgIpc) is 0.722. The molecular formula is H8AlMgO5S. The second-order valence-electron chi connectivity index (χ2n) is 0.448. The van der Waals surface area contributed by atoms with Crippen LogP contribution in [0, 0.1) is 0 Å². The average molecular weight is 171 g/mol. The molecule has 0 aromatic heterocycles. The largest absolute Gasteiger partial charge is 2.00 e. The molecule has 0 saturated heterocycles. The molecule has 0 atom stereocenters. The second-order valence-corrected chi connectivity index (χ2v) is 1.34. The Hall–Kier alpha value is 1.13. The maximum Gasteiger partial charge on any atom is 2.00 e. The zero-order valence-corrected chi connectivity index (χ0v) is 8.56. The van der Waals surface area contributed by atoms with Crippen molar-refractivity contribution in [3.05, 3.63) is 0 Å². The Morgan fingerprint density at radius 2 is 1.25 bits per heavy atom. The molecule has 8 heavy (non-hydrogen) atoms. The molecule has 0 amide bonds. The Labute approximate surface area is 76.6 Å². The quantitative estimate of drug-likeness (QED) is 0.309. The van der Waals surface area contributed by atoms with Crippen LogP contribution in [0.1, 0.15) is 2.85 Å². The van der Waals surface area contributed by atoms with Crippen LogP contribution in [0.4, 0.5) is 0 Å². The standard InChI is InChI=1S/Al.Mg.H2O4S.H2O.4H/c;;1-5(2,3)4;;;;;/h;;(H2,1,2,3,4);1H2;;;;/q;+2;;;;;2*-1. The fourth-order valence-corrected chi connectivity index (χ4v) is 0. The molecule has 0 bridgehead atoms. The maximum atomic E-state index is 8.74. The number of hydrogen-bond donors (Lipinski definition) is 2. The molecule has 0 aromatic carbocycles. The van der Waals surface area contributed by atoms with Crippen molar-refractivity contribution in [3.8, 4) is 0 Å². The van der Waals surface area contributed by atoms with E-state index in [0.29, 0.717) is 0 Å². The van der Waals surface area contributed by atoms with Gasteiger partial charge in [0.2, 0.25) is 0 Å². The van der Waals surface area contributed by atoms with Crippen molar-refractivity contribution in [2.45, 2.75) is 0 Å². The monoisotopic (exact) mass is 171 g/mol. The normalized spacial score (nSPS) is 7.25. The predicted molar refractivity (Wildman–Crippen MR) is 34.3 cm³/mol. The van der Waals surface area contributed by atoms with Gasteiger partial charge in [0.15, 0.2) is 0 Å². The van der Waals surface area contributed by atoms with E-state index in [4.69, 9.17) is 17.5 Å². The smallest absolute Gasteiger partial charge is 1.00 e. The zero-order chi connectivity index (χ0) is 4.50. The molecule has 0 rings (SSSR count). The molecule has 0 heterocycles. The van der Waals surface area contributed by atoms with E-state index in [1.165, 1.54) is 0 Å². The molecule has 0 aliphatic rings. The Kier molecular flexibility index (Phi) is 23.3. The summed E-state index contributed by atoms with van der Waals surface area (Å²) in [4.78, 5) is 0. The maximum absolute atomic E-state index is 8.74. The molecule has 0 aliphatic heterocycles. The SMILES string of the molecule is O.O=S(=O)(O)O.[AlH2].[H-].[H-].[Mg+2]. The van der Waals surface area contributed by atoms with Crippen LogP contribution in [0.5, 0.6) is 0 Å². The van der Waals surface area contributed by atoms with Crippen molar-refractivity contribution in [3.63, 3.8) is 0 Å². The van der Waals surface area contributed by atoms with E-state index in [0.717, 1.165) is 0 Å². The molecule has 5 nitrogen and oxygen atoms in total. The third-order valence-electron chi connectivity index (χ3n) is 0. The first-order chi connectivity index (χ1) is 2.00. The molecule has 0 aromatic rings. The third-order valence-corrected chi connectivity index (χ3v) is 0. The summed E-state index contributed by atoms with van der Waals surface area (Å²) in [6.45, 7) is 0. The predicted octanol–water partition coefficient (Wildman–Crippen LogP) is -2.55. The third kappa shape index (κ3) is 210. The van der Waals surface area contributed by atoms with Crippen LogP contribution in [0.3, 0.4) is 0 Å². The van der Waals surface area contributed by atoms with Crippen LogP contribution in [0.15, 0.2) is 0 Å². The summed E-state index contributed by atoms with van der Waals surface area (Å²) < 4.78 is 31.6. The molecule has 8 heteroatoms. The topological polar surface area (TPSA) is 106 Å². The zero-order valence-electron chi connectivity index (χ0n) is 6.33. The van der Waals surface area contributed by atoms with Crippen molar-refractivity contribution < 1.29 is 25.9 Å². The van der Waals surface area contributed by atoms with Crippen LogP contribution >= 0.6 is 0 Å². The first-order valence-electron chi connectivity index (χ1n) is 0.698. The molecule has 1 radical (unpaired) electrons. The number of hydrogen-bond acceptors (Lipinski definition) is 2. The van der Waals surface area contributed by atoms with Gasteiger partial charge in [-0.15, -0.1) is 0 Å². The summed E-state index contributed by atoms with van der Waals surface area (Å²) in [5, 5.41) is 0. The summed E-state index contributed by atoms with van der Waals surface area (Å²) in [5.74, 6) is 0. The van der Waals surface area contributed by atoms with Gasteiger partial charge in [0.05, 0.1) is 0 Å². The Balaban J connectivity index is -0.00000000800. The fourth-order valence-electron chi connectivity index (χ4n) is 0. The van der Waals surface area contributed by atoms with Crippen LogP contribution < -0.4 is 0 Å². The minimum absolute atomic E-state index is 0. The van der Waals surface area contributed by atoms with E-state index in [1.54, 1.807) is 0 Å². The van der Waals surface area contributed by atoms with Gasteiger partial charge in [-0.1, -0.05) is 0 Å². The summed E-state index contributed by atoms with van der Waals surface area (Å²) >= 11 is 0. The van der Waals surface area contributed by atoms with Crippen molar-refractivity contribution in [2.24, 2.45) is 0 Å². The van der Waals surface area contributed by atoms with E-state index in [2.05, 4.69) is 0 Å². The van der Waals surface area contributed by atoms with Crippen molar-refractivity contribution in [1.29, 1.82) is 0 Å². The number of rotatable bonds is 0. The van der Waals surface area contributed by atoms with Gasteiger partial charge in [-0.2, -0.15) is 8.42 Å². The van der Waals surface area contributed by atoms with Gasteiger partial charge >= 0.3 is 33.5 Å². The van der Waals surface area contributed by atoms with E-state index in [1.807, 2.05) is 0 Å². The van der Waals surface area contributed by atoms with Crippen LogP contribution in [-0.2, 0) is 10.4 Å². The minimum atomic E-state index is -4.67. The molecule has 4 N–H and O–H groups in total. The van der Waals surface area contributed by atoms with E-state index in [-0.39, 0.29) is 48.7 Å². The summed E-state index contributed by atoms with van der Waals surface area (Å²) in [5.41, 5.74) is 0. The van der Waals surface area contributed by atoms with Crippen LogP contribution in [-0.4, -0.2) is 63.4 Å². The van der Waals surface area contributed by atoms with Gasteiger partial charge in [0.25, 0.3) is 0 Å². The molecular weight excluding hydrogens is 163 g/mol. The van der Waals surface area contributed by atoms with Crippen LogP contribution in [0.25, 0.3) is 0 Å². The Morgan fingerprint density at radius 3 is 1.25 bits per heavy atom. The van der Waals surface area contributed by atoms with Gasteiger partial charge in [-0.3, -0.25) is 9.11 Å². The van der Waals surface area contributed by atoms with Crippen LogP contribution in [0.2, 0.25) is 0 Å². The van der Waals surface area contributed by atoms with Crippen molar-refractivity contribution in [1.82, 2.24) is 0 Å². The van der Waals surface area contributed by atoms with E-state index < -0.39 is 10.4 Å². The Morgan fingerprint density at radius 1 is 1.25 bits per heavy atom. The summed E-state index contributed by atoms with van der Waals surface area (Å²) in [6.07, 6.45) is 0. The molecule has 0 spiro atoms. The Bertz CT molecular complexity index is 103. The molecule has 0 unspecified atom stereocenters. The van der Waals surface area contributed by atoms with Gasteiger partial charge in [-0.05, 0) is 0 Å². The van der Waals surface area contributed by atoms with E-state index >= 15 is 0 Å². The molecule has 49 valence electrons. The van der Waals surface area contributed by atoms with Gasteiger partial charge in [0.1, 0.15) is 17.4 Å². The molecule has 0 aliphatic carbocycles. The van der Waals surface area contributed by atoms with Gasteiger partial charge in [-0.25, -0.2) is 0 Å².